The van der Waals surface area contributed by atoms with Crippen LogP contribution in [0.5, 0.6) is 0 Å². The van der Waals surface area contributed by atoms with E-state index in [1.807, 2.05) is 6.92 Å². The molecule has 0 bridgehead atoms. The summed E-state index contributed by atoms with van der Waals surface area (Å²) in [5, 5.41) is 0. The van der Waals surface area contributed by atoms with E-state index < -0.39 is 15.6 Å². The highest BCUT2D eigenvalue weighted by Crippen LogP contribution is 2.57. The summed E-state index contributed by atoms with van der Waals surface area (Å²) in [7, 11) is -9.93. The van der Waals surface area contributed by atoms with Crippen LogP contribution in [-0.4, -0.2) is 21.3 Å². The summed E-state index contributed by atoms with van der Waals surface area (Å²) < 4.78 is 30.8. The number of phosphoric acid groups is 2. The van der Waals surface area contributed by atoms with Crippen LogP contribution in [0.25, 0.3) is 0 Å². The molecule has 0 aliphatic carbocycles. The lowest BCUT2D eigenvalue weighted by atomic mass is 10.0. The van der Waals surface area contributed by atoms with Crippen LogP contribution < -0.4 is 0 Å². The standard InChI is InChI=1S/C85H140O7P2/c1-69(2)35-19-36-70(3)37-20-38-71(4)39-21-40-72(5)41-22-42-73(6)43-23-44-74(7)45-24-46-75(8)47-25-48-76(9)49-26-50-77(10)51-27-52-78(11)53-28-54-79(12)55-29-56-80(13)57-30-58-81(14)59-31-60-82(15)61-32-62-83(16)63-33-64-84(17)65-34-66-85(18)67-68-91-94(89,90)92-93(86,87)88/h35,37,39,41,43,45,47,49,51,53,55,57,59,61,63,65,67H,19-34,36,38,40,42,44,46,48,50,52,54,56,58,60,62,64,66,68H2,1-18H3,(H,89,90)(H2,86,87,88). The molecular weight excluding hydrogens is 1190 g/mol. The Labute approximate surface area is 579 Å². The molecule has 532 valence electrons. The van der Waals surface area contributed by atoms with Crippen molar-refractivity contribution in [2.75, 3.05) is 6.61 Å². The van der Waals surface area contributed by atoms with Gasteiger partial charge in [-0.15, -0.1) is 0 Å². The summed E-state index contributed by atoms with van der Waals surface area (Å²) in [6.07, 6.45) is 75.9. The van der Waals surface area contributed by atoms with Gasteiger partial charge in [0.1, 0.15) is 0 Å². The average molecular weight is 1340 g/mol. The van der Waals surface area contributed by atoms with E-state index in [1.54, 1.807) is 6.08 Å². The second-order valence-corrected chi connectivity index (χ2v) is 30.9. The van der Waals surface area contributed by atoms with E-state index >= 15 is 0 Å². The molecule has 0 spiro atoms. The molecule has 3 N–H and O–H groups in total. The summed E-state index contributed by atoms with van der Waals surface area (Å²) in [6, 6.07) is 0. The summed E-state index contributed by atoms with van der Waals surface area (Å²) in [4.78, 5) is 26.8. The maximum Gasteiger partial charge on any atom is 0.481 e. The van der Waals surface area contributed by atoms with Gasteiger partial charge in [-0.05, 0) is 330 Å². The lowest BCUT2D eigenvalue weighted by molar-refractivity contribution is 0.191. The number of hydrogen-bond donors (Lipinski definition) is 3. The molecular formula is C85H140O7P2. The lowest BCUT2D eigenvalue weighted by Gasteiger charge is -2.11. The molecule has 0 aromatic rings. The maximum absolute atomic E-state index is 11.6. The molecule has 0 heterocycles. The van der Waals surface area contributed by atoms with Gasteiger partial charge >= 0.3 is 15.6 Å². The minimum atomic E-state index is -5.12. The van der Waals surface area contributed by atoms with Gasteiger partial charge in [0, 0.05) is 0 Å². The van der Waals surface area contributed by atoms with Crippen LogP contribution in [0.15, 0.2) is 198 Å². The largest absolute Gasteiger partial charge is 0.481 e. The first-order chi connectivity index (χ1) is 44.4. The van der Waals surface area contributed by atoms with Crippen molar-refractivity contribution in [2.45, 2.75) is 330 Å². The van der Waals surface area contributed by atoms with Gasteiger partial charge in [0.15, 0.2) is 0 Å². The smallest absolute Gasteiger partial charge is 0.302 e. The van der Waals surface area contributed by atoms with Crippen molar-refractivity contribution in [3.8, 4) is 0 Å². The molecule has 0 saturated carbocycles. The molecule has 0 aliphatic rings. The van der Waals surface area contributed by atoms with E-state index in [1.165, 1.54) is 115 Å². The van der Waals surface area contributed by atoms with E-state index in [0.29, 0.717) is 0 Å². The van der Waals surface area contributed by atoms with E-state index in [9.17, 15) is 14.0 Å². The number of rotatable bonds is 53. The first-order valence-electron chi connectivity index (χ1n) is 36.3. The van der Waals surface area contributed by atoms with E-state index in [4.69, 9.17) is 9.79 Å². The topological polar surface area (TPSA) is 113 Å². The van der Waals surface area contributed by atoms with Gasteiger partial charge in [0.25, 0.3) is 0 Å². The molecule has 1 atom stereocenters. The maximum atomic E-state index is 11.6. The minimum Gasteiger partial charge on any atom is -0.302 e. The first-order valence-corrected chi connectivity index (χ1v) is 39.3. The molecule has 0 rings (SSSR count). The van der Waals surface area contributed by atoms with Gasteiger partial charge in [0.2, 0.25) is 0 Å². The molecule has 1 unspecified atom stereocenters. The zero-order chi connectivity index (χ0) is 70.6. The quantitative estimate of drug-likeness (QED) is 0.0411. The van der Waals surface area contributed by atoms with Crippen molar-refractivity contribution in [3.05, 3.63) is 198 Å². The van der Waals surface area contributed by atoms with Crippen molar-refractivity contribution in [2.24, 2.45) is 0 Å². The van der Waals surface area contributed by atoms with Gasteiger partial charge in [-0.25, -0.2) is 9.13 Å². The van der Waals surface area contributed by atoms with E-state index in [2.05, 4.69) is 224 Å². The SMILES string of the molecule is CC(C)=CCCC(C)=CCCC(C)=CCCC(C)=CCCC(C)=CCCC(C)=CCCC(C)=CCCC(C)=CCCC(C)=CCCC(C)=CCCC(C)=CCCC(C)=CCCC(C)=CCCC(C)=CCCC(C)=CCCC(C)=CCCC(C)=CCOP(=O)(O)OP(=O)(O)O. The van der Waals surface area contributed by atoms with E-state index in [0.717, 1.165) is 185 Å². The number of phosphoric ester groups is 1. The second kappa shape index (κ2) is 55.8. The molecule has 0 aliphatic heterocycles. The third kappa shape index (κ3) is 60.3. The van der Waals surface area contributed by atoms with Gasteiger partial charge in [-0.3, -0.25) is 4.52 Å². The van der Waals surface area contributed by atoms with Gasteiger partial charge in [-0.2, -0.15) is 4.31 Å². The predicted octanol–water partition coefficient (Wildman–Crippen LogP) is 28.8. The summed E-state index contributed by atoms with van der Waals surface area (Å²) >= 11 is 0. The average Bonchev–Trinajstić information content (AvgIpc) is 1.52. The van der Waals surface area contributed by atoms with Crippen LogP contribution in [0.2, 0.25) is 0 Å². The van der Waals surface area contributed by atoms with Crippen LogP contribution in [-0.2, 0) is 18.0 Å². The summed E-state index contributed by atoms with van der Waals surface area (Å²) in [5.74, 6) is 0. The summed E-state index contributed by atoms with van der Waals surface area (Å²) in [6.45, 7) is 40.2. The Balaban J connectivity index is 4.36. The molecule has 0 saturated heterocycles. The monoisotopic (exact) mass is 1340 g/mol. The Kier molecular flexibility index (Phi) is 53.3. The van der Waals surface area contributed by atoms with E-state index in [-0.39, 0.29) is 6.61 Å². The zero-order valence-electron chi connectivity index (χ0n) is 63.5. The first kappa shape index (κ1) is 89.8. The molecule has 7 nitrogen and oxygen atoms in total. The molecule has 0 aromatic carbocycles. The van der Waals surface area contributed by atoms with Crippen LogP contribution in [0.4, 0.5) is 0 Å². The van der Waals surface area contributed by atoms with Crippen molar-refractivity contribution < 1.29 is 32.6 Å². The molecule has 0 amide bonds. The van der Waals surface area contributed by atoms with Gasteiger partial charge < -0.3 is 14.7 Å². The summed E-state index contributed by atoms with van der Waals surface area (Å²) in [5.41, 5.74) is 24.7. The Morgan fingerprint density at radius 2 is 0.351 bits per heavy atom. The van der Waals surface area contributed by atoms with Crippen molar-refractivity contribution >= 4 is 15.6 Å². The van der Waals surface area contributed by atoms with Crippen molar-refractivity contribution in [1.29, 1.82) is 0 Å². The van der Waals surface area contributed by atoms with Crippen molar-refractivity contribution in [1.82, 2.24) is 0 Å². The van der Waals surface area contributed by atoms with Gasteiger partial charge in [0.05, 0.1) is 6.61 Å². The fourth-order valence-electron chi connectivity index (χ4n) is 10.8. The number of hydrogen-bond acceptors (Lipinski definition) is 4. The Morgan fingerprint density at radius 1 is 0.223 bits per heavy atom. The predicted molar refractivity (Wildman–Crippen MR) is 416 cm³/mol. The number of allylic oxidation sites excluding steroid dienone is 33. The third-order valence-electron chi connectivity index (χ3n) is 17.4. The lowest BCUT2D eigenvalue weighted by Crippen LogP contribution is -1.94. The normalized spacial score (nSPS) is 15.8. The van der Waals surface area contributed by atoms with Crippen molar-refractivity contribution in [3.63, 3.8) is 0 Å². The van der Waals surface area contributed by atoms with Gasteiger partial charge in [-0.1, -0.05) is 198 Å². The molecule has 9 heteroatoms. The van der Waals surface area contributed by atoms with Crippen LogP contribution in [0.3, 0.4) is 0 Å². The molecule has 0 radical (unpaired) electrons. The van der Waals surface area contributed by atoms with Crippen LogP contribution >= 0.6 is 15.6 Å². The molecule has 94 heavy (non-hydrogen) atoms. The molecule has 0 aromatic heterocycles. The van der Waals surface area contributed by atoms with Crippen LogP contribution in [0.1, 0.15) is 330 Å². The zero-order valence-corrected chi connectivity index (χ0v) is 65.3. The third-order valence-corrected chi connectivity index (χ3v) is 19.6. The highest BCUT2D eigenvalue weighted by atomic mass is 31.3. The molecule has 0 fully saturated rings. The highest BCUT2D eigenvalue weighted by molar-refractivity contribution is 7.60. The second-order valence-electron chi connectivity index (χ2n) is 28.0. The minimum absolute atomic E-state index is 0.276. The fourth-order valence-corrected chi connectivity index (χ4v) is 12.4. The Morgan fingerprint density at radius 3 is 0.479 bits per heavy atom. The Hall–Kier alpha value is -4.16. The van der Waals surface area contributed by atoms with Crippen LogP contribution in [0, 0.1) is 0 Å². The fraction of sp³-hybridized carbons (Fsp3) is 0.600. The Bertz CT molecular complexity index is 2820. The highest BCUT2D eigenvalue weighted by Gasteiger charge is 2.31.